The second-order valence-electron chi connectivity index (χ2n) is 5.88. The highest BCUT2D eigenvalue weighted by atomic mass is 16.4. The first-order valence-electron chi connectivity index (χ1n) is 7.57. The first-order valence-corrected chi connectivity index (χ1v) is 7.57. The first-order chi connectivity index (χ1) is 11.0. The van der Waals surface area contributed by atoms with Gasteiger partial charge in [-0.05, 0) is 36.1 Å². The van der Waals surface area contributed by atoms with Gasteiger partial charge >= 0.3 is 5.97 Å². The molecule has 0 saturated carbocycles. The maximum Gasteiger partial charge on any atom is 0.326 e. The average molecular weight is 315 g/mol. The number of nitrogens with one attached hydrogen (secondary N) is 1. The van der Waals surface area contributed by atoms with Crippen LogP contribution < -0.4 is 5.32 Å². The van der Waals surface area contributed by atoms with Gasteiger partial charge in [0.25, 0.3) is 0 Å². The molecule has 0 fully saturated rings. The highest BCUT2D eigenvalue weighted by Gasteiger charge is 2.20. The molecule has 0 spiro atoms. The van der Waals surface area contributed by atoms with E-state index in [-0.39, 0.29) is 18.2 Å². The fraction of sp³-hybridized carbons (Fsp3) is 0.353. The summed E-state index contributed by atoms with van der Waals surface area (Å²) < 4.78 is 1.73. The number of carbonyl (C=O) groups excluding carboxylic acids is 1. The van der Waals surface area contributed by atoms with Crippen molar-refractivity contribution in [1.29, 1.82) is 0 Å². The lowest BCUT2D eigenvalue weighted by molar-refractivity contribution is -0.142. The second-order valence-corrected chi connectivity index (χ2v) is 5.88. The summed E-state index contributed by atoms with van der Waals surface area (Å²) in [5.41, 5.74) is 1.73. The number of carboxylic acids is 1. The van der Waals surface area contributed by atoms with Gasteiger partial charge in [-0.25, -0.2) is 9.48 Å². The maximum atomic E-state index is 12.0. The Morgan fingerprint density at radius 3 is 2.48 bits per heavy atom. The summed E-state index contributed by atoms with van der Waals surface area (Å²) in [6, 6.07) is 8.42. The van der Waals surface area contributed by atoms with Crippen LogP contribution in [0.5, 0.6) is 0 Å². The second kappa shape index (κ2) is 7.58. The number of amides is 1. The van der Waals surface area contributed by atoms with Gasteiger partial charge in [-0.3, -0.25) is 4.79 Å². The number of hydrogen-bond acceptors (Lipinski definition) is 3. The zero-order valence-electron chi connectivity index (χ0n) is 13.3. The summed E-state index contributed by atoms with van der Waals surface area (Å²) in [5.74, 6) is -1.09. The van der Waals surface area contributed by atoms with E-state index in [0.717, 1.165) is 11.3 Å². The molecule has 6 heteroatoms. The molecule has 0 aliphatic rings. The average Bonchev–Trinajstić information content (AvgIpc) is 3.01. The Kier molecular flexibility index (Phi) is 5.51. The molecule has 0 radical (unpaired) electrons. The zero-order valence-corrected chi connectivity index (χ0v) is 13.3. The number of benzene rings is 1. The van der Waals surface area contributed by atoms with Gasteiger partial charge in [0.2, 0.25) is 5.91 Å². The van der Waals surface area contributed by atoms with Crippen LogP contribution in [0.1, 0.15) is 25.8 Å². The summed E-state index contributed by atoms with van der Waals surface area (Å²) in [4.78, 5) is 23.2. The van der Waals surface area contributed by atoms with Crippen molar-refractivity contribution < 1.29 is 14.7 Å². The molecule has 0 bridgehead atoms. The van der Waals surface area contributed by atoms with Crippen LogP contribution in [0.4, 0.5) is 0 Å². The normalized spacial score (nSPS) is 12.1. The van der Waals surface area contributed by atoms with Crippen LogP contribution in [-0.4, -0.2) is 32.8 Å². The predicted molar refractivity (Wildman–Crippen MR) is 86.3 cm³/mol. The lowest BCUT2D eigenvalue weighted by atomic mass is 10.0. The third-order valence-corrected chi connectivity index (χ3v) is 3.41. The van der Waals surface area contributed by atoms with Gasteiger partial charge in [-0.1, -0.05) is 26.0 Å². The first kappa shape index (κ1) is 16.7. The molecule has 2 aromatic rings. The molecule has 1 atom stereocenters. The highest BCUT2D eigenvalue weighted by Crippen LogP contribution is 2.10. The molecule has 0 aliphatic heterocycles. The molecular formula is C17H21N3O3. The fourth-order valence-corrected chi connectivity index (χ4v) is 2.31. The number of carboxylic acid groups (broad SMARTS) is 1. The van der Waals surface area contributed by atoms with E-state index in [0.29, 0.717) is 6.42 Å². The van der Waals surface area contributed by atoms with Crippen LogP contribution in [0.3, 0.4) is 0 Å². The van der Waals surface area contributed by atoms with Crippen molar-refractivity contribution in [3.63, 3.8) is 0 Å². The minimum atomic E-state index is -0.999. The Morgan fingerprint density at radius 2 is 1.96 bits per heavy atom. The Balaban J connectivity index is 1.95. The van der Waals surface area contributed by atoms with Crippen LogP contribution in [0.2, 0.25) is 0 Å². The molecule has 1 aromatic heterocycles. The largest absolute Gasteiger partial charge is 0.480 e. The molecule has 0 saturated heterocycles. The summed E-state index contributed by atoms with van der Waals surface area (Å²) >= 11 is 0. The quantitative estimate of drug-likeness (QED) is 0.819. The van der Waals surface area contributed by atoms with Gasteiger partial charge in [0.05, 0.1) is 12.1 Å². The third-order valence-electron chi connectivity index (χ3n) is 3.41. The van der Waals surface area contributed by atoms with Gasteiger partial charge < -0.3 is 10.4 Å². The van der Waals surface area contributed by atoms with E-state index in [2.05, 4.69) is 10.4 Å². The third kappa shape index (κ3) is 4.95. The van der Waals surface area contributed by atoms with Gasteiger partial charge in [0.1, 0.15) is 6.04 Å². The molecule has 0 aliphatic carbocycles. The van der Waals surface area contributed by atoms with Crippen LogP contribution in [0, 0.1) is 5.92 Å². The van der Waals surface area contributed by atoms with E-state index < -0.39 is 12.0 Å². The number of aromatic nitrogens is 2. The molecule has 122 valence electrons. The van der Waals surface area contributed by atoms with Gasteiger partial charge in [-0.15, -0.1) is 0 Å². The Hall–Kier alpha value is -2.63. The Labute approximate surface area is 135 Å². The SMILES string of the molecule is CC(C)C[C@@H](NC(=O)Cc1ccc(-n2cccn2)cc1)C(=O)O. The molecule has 2 N–H and O–H groups in total. The van der Waals surface area contributed by atoms with E-state index in [1.54, 1.807) is 10.9 Å². The highest BCUT2D eigenvalue weighted by molar-refractivity contribution is 5.84. The summed E-state index contributed by atoms with van der Waals surface area (Å²) in [6.07, 6.45) is 4.10. The molecule has 0 unspecified atom stereocenters. The lowest BCUT2D eigenvalue weighted by Crippen LogP contribution is -2.42. The minimum absolute atomic E-state index is 0.154. The molecular weight excluding hydrogens is 294 g/mol. The topological polar surface area (TPSA) is 84.2 Å². The maximum absolute atomic E-state index is 12.0. The monoisotopic (exact) mass is 315 g/mol. The van der Waals surface area contributed by atoms with Crippen LogP contribution in [0.25, 0.3) is 5.69 Å². The fourth-order valence-electron chi connectivity index (χ4n) is 2.31. The van der Waals surface area contributed by atoms with Gasteiger partial charge in [-0.2, -0.15) is 5.10 Å². The number of hydrogen-bond donors (Lipinski definition) is 2. The van der Waals surface area contributed by atoms with Crippen LogP contribution in [-0.2, 0) is 16.0 Å². The number of aliphatic carboxylic acids is 1. The van der Waals surface area contributed by atoms with Crippen molar-refractivity contribution >= 4 is 11.9 Å². The number of carbonyl (C=O) groups is 2. The Morgan fingerprint density at radius 1 is 1.26 bits per heavy atom. The van der Waals surface area contributed by atoms with Gasteiger partial charge in [0, 0.05) is 12.4 Å². The standard InChI is InChI=1S/C17H21N3O3/c1-12(2)10-15(17(22)23)19-16(21)11-13-4-6-14(7-5-13)20-9-3-8-18-20/h3-9,12,15H,10-11H2,1-2H3,(H,19,21)(H,22,23)/t15-/m1/s1. The lowest BCUT2D eigenvalue weighted by Gasteiger charge is -2.16. The van der Waals surface area contributed by atoms with Crippen molar-refractivity contribution in [3.05, 3.63) is 48.3 Å². The van der Waals surface area contributed by atoms with Crippen molar-refractivity contribution in [2.24, 2.45) is 5.92 Å². The van der Waals surface area contributed by atoms with E-state index in [9.17, 15) is 9.59 Å². The van der Waals surface area contributed by atoms with Crippen molar-refractivity contribution in [1.82, 2.24) is 15.1 Å². The molecule has 6 nitrogen and oxygen atoms in total. The summed E-state index contributed by atoms with van der Waals surface area (Å²) in [6.45, 7) is 3.85. The van der Waals surface area contributed by atoms with Crippen molar-refractivity contribution in [2.45, 2.75) is 32.7 Å². The predicted octanol–water partition coefficient (Wildman–Crippen LogP) is 2.03. The summed E-state index contributed by atoms with van der Waals surface area (Å²) in [5, 5.41) is 15.9. The smallest absolute Gasteiger partial charge is 0.326 e. The Bertz CT molecular complexity index is 648. The van der Waals surface area contributed by atoms with Crippen molar-refractivity contribution in [2.75, 3.05) is 0 Å². The number of rotatable bonds is 7. The van der Waals surface area contributed by atoms with Crippen molar-refractivity contribution in [3.8, 4) is 5.69 Å². The molecule has 1 aromatic carbocycles. The van der Waals surface area contributed by atoms with Crippen LogP contribution in [0.15, 0.2) is 42.7 Å². The number of nitrogens with zero attached hydrogens (tertiary/aromatic N) is 2. The molecule has 1 heterocycles. The van der Waals surface area contributed by atoms with Crippen LogP contribution >= 0.6 is 0 Å². The molecule has 2 rings (SSSR count). The molecule has 23 heavy (non-hydrogen) atoms. The van der Waals surface area contributed by atoms with E-state index in [4.69, 9.17) is 5.11 Å². The van der Waals surface area contributed by atoms with Gasteiger partial charge in [0.15, 0.2) is 0 Å². The minimum Gasteiger partial charge on any atom is -0.480 e. The zero-order chi connectivity index (χ0) is 16.8. The molecule has 1 amide bonds. The van der Waals surface area contributed by atoms with E-state index >= 15 is 0 Å². The van der Waals surface area contributed by atoms with E-state index in [1.165, 1.54) is 0 Å². The van der Waals surface area contributed by atoms with E-state index in [1.807, 2.05) is 50.4 Å². The summed E-state index contributed by atoms with van der Waals surface area (Å²) in [7, 11) is 0.